The summed E-state index contributed by atoms with van der Waals surface area (Å²) in [5.74, 6) is 0. The maximum atomic E-state index is 10.0. The van der Waals surface area contributed by atoms with E-state index < -0.39 is 37.3 Å². The molecule has 1 aliphatic heterocycles. The predicted octanol–water partition coefficient (Wildman–Crippen LogP) is 1.41. The highest BCUT2D eigenvalue weighted by atomic mass is 33.1. The lowest BCUT2D eigenvalue weighted by Gasteiger charge is -2.39. The van der Waals surface area contributed by atoms with Crippen molar-refractivity contribution in [3.63, 3.8) is 0 Å². The van der Waals surface area contributed by atoms with Crippen LogP contribution in [0.15, 0.2) is 41.3 Å². The molecule has 0 amide bonds. The monoisotopic (exact) mass is 431 g/mol. The molecule has 1 aliphatic rings. The second-order valence-corrected chi connectivity index (χ2v) is 9.65. The van der Waals surface area contributed by atoms with Gasteiger partial charge < -0.3 is 29.9 Å². The Bertz CT molecular complexity index is 724. The zero-order valence-electron chi connectivity index (χ0n) is 14.2. The minimum absolute atomic E-state index is 0.116. The van der Waals surface area contributed by atoms with Crippen LogP contribution in [-0.4, -0.2) is 74.6 Å². The van der Waals surface area contributed by atoms with E-state index in [0.717, 1.165) is 14.6 Å². The SMILES string of the molecule is C=CC(CO[C@@H]1OC(CO)[C@@H](O)[C@H](O)C1O)SSc1nc2ccccc2s1. The van der Waals surface area contributed by atoms with E-state index in [-0.39, 0.29) is 11.9 Å². The lowest BCUT2D eigenvalue weighted by molar-refractivity contribution is -0.300. The molecular formula is C17H21NO6S3. The van der Waals surface area contributed by atoms with E-state index in [1.807, 2.05) is 24.3 Å². The van der Waals surface area contributed by atoms with Crippen LogP contribution in [-0.2, 0) is 9.47 Å². The summed E-state index contributed by atoms with van der Waals surface area (Å²) in [6, 6.07) is 7.91. The number of fused-ring (bicyclic) bond motifs is 1. The Labute approximate surface area is 168 Å². The Hall–Kier alpha value is -0.690. The van der Waals surface area contributed by atoms with Crippen molar-refractivity contribution >= 4 is 43.1 Å². The molecule has 148 valence electrons. The first-order valence-corrected chi connectivity index (χ1v) is 11.3. The van der Waals surface area contributed by atoms with Crippen LogP contribution in [0, 0.1) is 0 Å². The van der Waals surface area contributed by atoms with Crippen molar-refractivity contribution in [2.75, 3.05) is 13.2 Å². The van der Waals surface area contributed by atoms with Gasteiger partial charge in [0, 0.05) is 0 Å². The summed E-state index contributed by atoms with van der Waals surface area (Å²) in [6.07, 6.45) is -4.67. The Kier molecular flexibility index (Phi) is 7.54. The molecule has 10 heteroatoms. The van der Waals surface area contributed by atoms with Gasteiger partial charge in [0.15, 0.2) is 10.6 Å². The second-order valence-electron chi connectivity index (χ2n) is 5.93. The fraction of sp³-hybridized carbons (Fsp3) is 0.471. The molecule has 0 radical (unpaired) electrons. The van der Waals surface area contributed by atoms with Gasteiger partial charge in [-0.2, -0.15) is 0 Å². The zero-order chi connectivity index (χ0) is 19.4. The molecule has 0 saturated carbocycles. The highest BCUT2D eigenvalue weighted by Crippen LogP contribution is 2.39. The summed E-state index contributed by atoms with van der Waals surface area (Å²) in [6.45, 7) is 3.48. The van der Waals surface area contributed by atoms with Crippen molar-refractivity contribution in [1.82, 2.24) is 4.98 Å². The minimum atomic E-state index is -1.45. The van der Waals surface area contributed by atoms with Gasteiger partial charge in [-0.3, -0.25) is 0 Å². The molecule has 0 spiro atoms. The number of nitrogens with zero attached hydrogens (tertiary/aromatic N) is 1. The van der Waals surface area contributed by atoms with Gasteiger partial charge in [0.1, 0.15) is 24.4 Å². The van der Waals surface area contributed by atoms with Gasteiger partial charge in [-0.05, 0) is 22.9 Å². The fourth-order valence-electron chi connectivity index (χ4n) is 2.52. The predicted molar refractivity (Wildman–Crippen MR) is 107 cm³/mol. The third-order valence-corrected chi connectivity index (χ3v) is 8.11. The number of para-hydroxylation sites is 1. The van der Waals surface area contributed by atoms with Crippen LogP contribution in [0.2, 0.25) is 0 Å². The van der Waals surface area contributed by atoms with Gasteiger partial charge in [0.2, 0.25) is 0 Å². The molecule has 1 saturated heterocycles. The number of benzene rings is 1. The van der Waals surface area contributed by atoms with E-state index in [2.05, 4.69) is 11.6 Å². The van der Waals surface area contributed by atoms with Crippen molar-refractivity contribution in [2.45, 2.75) is 40.3 Å². The Morgan fingerprint density at radius 2 is 2.04 bits per heavy atom. The molecule has 1 aromatic heterocycles. The minimum Gasteiger partial charge on any atom is -0.394 e. The Balaban J connectivity index is 1.53. The maximum Gasteiger partial charge on any atom is 0.186 e. The normalized spacial score (nSPS) is 29.7. The van der Waals surface area contributed by atoms with Crippen molar-refractivity contribution in [3.8, 4) is 0 Å². The van der Waals surface area contributed by atoms with Crippen LogP contribution in [0.4, 0.5) is 0 Å². The van der Waals surface area contributed by atoms with Crippen LogP contribution in [0.3, 0.4) is 0 Å². The molecular weight excluding hydrogens is 410 g/mol. The molecule has 3 unspecified atom stereocenters. The third kappa shape index (κ3) is 5.03. The molecule has 6 atom stereocenters. The first kappa shape index (κ1) is 21.0. The van der Waals surface area contributed by atoms with Crippen molar-refractivity contribution in [2.24, 2.45) is 0 Å². The van der Waals surface area contributed by atoms with Gasteiger partial charge in [-0.25, -0.2) is 4.98 Å². The van der Waals surface area contributed by atoms with E-state index in [1.165, 1.54) is 21.6 Å². The zero-order valence-corrected chi connectivity index (χ0v) is 16.7. The van der Waals surface area contributed by atoms with Crippen molar-refractivity contribution in [1.29, 1.82) is 0 Å². The summed E-state index contributed by atoms with van der Waals surface area (Å²) < 4.78 is 12.9. The summed E-state index contributed by atoms with van der Waals surface area (Å²) in [5, 5.41) is 38.7. The molecule has 1 aromatic carbocycles. The molecule has 3 rings (SSSR count). The molecule has 2 heterocycles. The number of rotatable bonds is 8. The average Bonchev–Trinajstić information content (AvgIpc) is 3.10. The summed E-state index contributed by atoms with van der Waals surface area (Å²) >= 11 is 1.60. The van der Waals surface area contributed by atoms with Crippen molar-refractivity contribution < 1.29 is 29.9 Å². The van der Waals surface area contributed by atoms with E-state index in [9.17, 15) is 20.4 Å². The fourth-order valence-corrected chi connectivity index (χ4v) is 5.97. The number of aliphatic hydroxyl groups excluding tert-OH is 4. The topological polar surface area (TPSA) is 112 Å². The van der Waals surface area contributed by atoms with Gasteiger partial charge in [0.25, 0.3) is 0 Å². The molecule has 0 bridgehead atoms. The molecule has 27 heavy (non-hydrogen) atoms. The Morgan fingerprint density at radius 3 is 2.74 bits per heavy atom. The number of thiazole rings is 1. The van der Waals surface area contributed by atoms with E-state index in [0.29, 0.717) is 0 Å². The Morgan fingerprint density at radius 1 is 1.26 bits per heavy atom. The van der Waals surface area contributed by atoms with E-state index in [1.54, 1.807) is 17.4 Å². The lowest BCUT2D eigenvalue weighted by Crippen LogP contribution is -2.59. The maximum absolute atomic E-state index is 10.0. The first-order chi connectivity index (χ1) is 13.0. The summed E-state index contributed by atoms with van der Waals surface area (Å²) in [5.41, 5.74) is 0.957. The smallest absolute Gasteiger partial charge is 0.186 e. The molecule has 7 nitrogen and oxygen atoms in total. The van der Waals surface area contributed by atoms with Crippen LogP contribution in [0.5, 0.6) is 0 Å². The standard InChI is InChI=1S/C17H21NO6S3/c1-2-9(26-27-17-18-10-5-3-4-6-12(10)25-17)8-23-16-15(22)14(21)13(20)11(7-19)24-16/h2-6,9,11,13-16,19-22H,1,7-8H2/t9?,11?,13-,14+,15?,16-/m1/s1. The number of ether oxygens (including phenoxy) is 2. The van der Waals surface area contributed by atoms with Crippen LogP contribution < -0.4 is 0 Å². The molecule has 1 fully saturated rings. The van der Waals surface area contributed by atoms with E-state index >= 15 is 0 Å². The van der Waals surface area contributed by atoms with Crippen molar-refractivity contribution in [3.05, 3.63) is 36.9 Å². The van der Waals surface area contributed by atoms with Crippen LogP contribution >= 0.6 is 32.9 Å². The van der Waals surface area contributed by atoms with Crippen LogP contribution in [0.1, 0.15) is 0 Å². The summed E-state index contributed by atoms with van der Waals surface area (Å²) in [7, 11) is 3.02. The third-order valence-electron chi connectivity index (χ3n) is 4.05. The first-order valence-electron chi connectivity index (χ1n) is 8.27. The van der Waals surface area contributed by atoms with Crippen LogP contribution in [0.25, 0.3) is 10.2 Å². The largest absolute Gasteiger partial charge is 0.394 e. The highest BCUT2D eigenvalue weighted by Gasteiger charge is 2.44. The van der Waals surface area contributed by atoms with Gasteiger partial charge in [-0.1, -0.05) is 29.0 Å². The molecule has 4 N–H and O–H groups in total. The number of aromatic nitrogens is 1. The van der Waals surface area contributed by atoms with Gasteiger partial charge in [-0.15, -0.1) is 17.9 Å². The van der Waals surface area contributed by atoms with Gasteiger partial charge in [0.05, 0.1) is 28.7 Å². The average molecular weight is 432 g/mol. The number of hydrogen-bond donors (Lipinski definition) is 4. The highest BCUT2D eigenvalue weighted by molar-refractivity contribution is 8.77. The summed E-state index contributed by atoms with van der Waals surface area (Å²) in [4.78, 5) is 4.55. The number of hydrogen-bond acceptors (Lipinski definition) is 10. The van der Waals surface area contributed by atoms with E-state index in [4.69, 9.17) is 9.47 Å². The molecule has 2 aromatic rings. The quantitative estimate of drug-likeness (QED) is 0.364. The molecule has 0 aliphatic carbocycles. The van der Waals surface area contributed by atoms with Gasteiger partial charge >= 0.3 is 0 Å². The number of aliphatic hydroxyl groups is 4. The lowest BCUT2D eigenvalue weighted by atomic mass is 9.99. The second kappa shape index (κ2) is 9.68.